The van der Waals surface area contributed by atoms with Gasteiger partial charge in [0.25, 0.3) is 0 Å². The van der Waals surface area contributed by atoms with Crippen LogP contribution in [0.4, 0.5) is 5.82 Å². The lowest BCUT2D eigenvalue weighted by molar-refractivity contribution is -0.117. The molecule has 2 heterocycles. The standard InChI is InChI=1S/C11H13N5O2/c12-15-14-5-8-4-10(18)16(6-8)11-9(7-17)2-1-3-13-11/h1-3,8,17H,4-7H2. The summed E-state index contributed by atoms with van der Waals surface area (Å²) in [6, 6.07) is 3.45. The van der Waals surface area contributed by atoms with E-state index in [1.807, 2.05) is 0 Å². The van der Waals surface area contributed by atoms with Crippen molar-refractivity contribution in [1.29, 1.82) is 0 Å². The summed E-state index contributed by atoms with van der Waals surface area (Å²) in [5.74, 6) is 0.455. The van der Waals surface area contributed by atoms with E-state index >= 15 is 0 Å². The molecule has 0 aromatic carbocycles. The van der Waals surface area contributed by atoms with Gasteiger partial charge in [0.2, 0.25) is 5.91 Å². The van der Waals surface area contributed by atoms with Crippen LogP contribution in [0, 0.1) is 5.92 Å². The van der Waals surface area contributed by atoms with Crippen molar-refractivity contribution in [2.24, 2.45) is 11.0 Å². The van der Waals surface area contributed by atoms with E-state index in [1.165, 1.54) is 0 Å². The van der Waals surface area contributed by atoms with E-state index in [-0.39, 0.29) is 18.4 Å². The van der Waals surface area contributed by atoms with Crippen LogP contribution in [-0.4, -0.2) is 29.1 Å². The third kappa shape index (κ3) is 2.42. The fraction of sp³-hybridized carbons (Fsp3) is 0.455. The molecule has 1 amide bonds. The van der Waals surface area contributed by atoms with Crippen molar-refractivity contribution in [3.8, 4) is 0 Å². The topological polar surface area (TPSA) is 102 Å². The molecular formula is C11H13N5O2. The third-order valence-electron chi connectivity index (χ3n) is 2.90. The second-order valence-corrected chi connectivity index (χ2v) is 4.13. The fourth-order valence-corrected chi connectivity index (χ4v) is 2.06. The lowest BCUT2D eigenvalue weighted by Crippen LogP contribution is -2.27. The van der Waals surface area contributed by atoms with Crippen molar-refractivity contribution in [3.63, 3.8) is 0 Å². The van der Waals surface area contributed by atoms with Crippen LogP contribution in [0.2, 0.25) is 0 Å². The normalized spacial score (nSPS) is 18.8. The molecule has 0 spiro atoms. The molecule has 1 fully saturated rings. The van der Waals surface area contributed by atoms with Gasteiger partial charge in [0, 0.05) is 36.2 Å². The highest BCUT2D eigenvalue weighted by Crippen LogP contribution is 2.26. The van der Waals surface area contributed by atoms with Crippen molar-refractivity contribution in [2.75, 3.05) is 18.0 Å². The Morgan fingerprint density at radius 3 is 3.22 bits per heavy atom. The van der Waals surface area contributed by atoms with Crippen molar-refractivity contribution < 1.29 is 9.90 Å². The van der Waals surface area contributed by atoms with Gasteiger partial charge in [-0.05, 0) is 17.5 Å². The minimum atomic E-state index is -0.159. The van der Waals surface area contributed by atoms with Crippen LogP contribution in [-0.2, 0) is 11.4 Å². The summed E-state index contributed by atoms with van der Waals surface area (Å²) >= 11 is 0. The molecular weight excluding hydrogens is 234 g/mol. The molecule has 1 aliphatic rings. The average molecular weight is 247 g/mol. The second kappa shape index (κ2) is 5.48. The summed E-state index contributed by atoms with van der Waals surface area (Å²) in [5.41, 5.74) is 8.89. The molecule has 0 bridgehead atoms. The number of aliphatic hydroxyl groups excluding tert-OH is 1. The highest BCUT2D eigenvalue weighted by molar-refractivity contribution is 5.95. The Labute approximate surface area is 104 Å². The maximum atomic E-state index is 11.9. The summed E-state index contributed by atoms with van der Waals surface area (Å²) in [7, 11) is 0. The maximum Gasteiger partial charge on any atom is 0.228 e. The maximum absolute atomic E-state index is 11.9. The van der Waals surface area contributed by atoms with Gasteiger partial charge in [-0.15, -0.1) is 0 Å². The number of pyridine rings is 1. The van der Waals surface area contributed by atoms with Crippen LogP contribution >= 0.6 is 0 Å². The first-order valence-corrected chi connectivity index (χ1v) is 5.62. The molecule has 1 N–H and O–H groups in total. The molecule has 1 atom stereocenters. The first-order chi connectivity index (χ1) is 8.76. The SMILES string of the molecule is [N-]=[N+]=NCC1CC(=O)N(c2ncccc2CO)C1. The highest BCUT2D eigenvalue weighted by atomic mass is 16.3. The Kier molecular flexibility index (Phi) is 3.76. The summed E-state index contributed by atoms with van der Waals surface area (Å²) in [4.78, 5) is 20.3. The monoisotopic (exact) mass is 247 g/mol. The van der Waals surface area contributed by atoms with Crippen molar-refractivity contribution in [3.05, 3.63) is 34.3 Å². The quantitative estimate of drug-likeness (QED) is 0.491. The molecule has 1 aromatic rings. The van der Waals surface area contributed by atoms with Crippen LogP contribution in [0.15, 0.2) is 23.4 Å². The molecule has 0 saturated carbocycles. The lowest BCUT2D eigenvalue weighted by atomic mass is 10.1. The number of amides is 1. The number of hydrogen-bond donors (Lipinski definition) is 1. The number of hydrogen-bond acceptors (Lipinski definition) is 4. The number of anilines is 1. The van der Waals surface area contributed by atoms with Crippen LogP contribution in [0.3, 0.4) is 0 Å². The molecule has 7 heteroatoms. The van der Waals surface area contributed by atoms with Crippen LogP contribution in [0.1, 0.15) is 12.0 Å². The van der Waals surface area contributed by atoms with Gasteiger partial charge in [0.1, 0.15) is 5.82 Å². The third-order valence-corrected chi connectivity index (χ3v) is 2.90. The van der Waals surface area contributed by atoms with E-state index in [0.717, 1.165) is 0 Å². The van der Waals surface area contributed by atoms with Gasteiger partial charge < -0.3 is 5.11 Å². The van der Waals surface area contributed by atoms with Crippen LogP contribution < -0.4 is 4.90 Å². The fourth-order valence-electron chi connectivity index (χ4n) is 2.06. The second-order valence-electron chi connectivity index (χ2n) is 4.13. The Morgan fingerprint density at radius 2 is 2.50 bits per heavy atom. The van der Waals surface area contributed by atoms with Gasteiger partial charge in [0.05, 0.1) is 6.61 Å². The zero-order valence-corrected chi connectivity index (χ0v) is 9.73. The van der Waals surface area contributed by atoms with Crippen molar-refractivity contribution in [1.82, 2.24) is 4.98 Å². The number of carbonyl (C=O) groups is 1. The molecule has 2 rings (SSSR count). The molecule has 1 saturated heterocycles. The van der Waals surface area contributed by atoms with Gasteiger partial charge in [-0.1, -0.05) is 11.2 Å². The van der Waals surface area contributed by atoms with E-state index in [9.17, 15) is 9.90 Å². The minimum Gasteiger partial charge on any atom is -0.392 e. The molecule has 7 nitrogen and oxygen atoms in total. The molecule has 0 aliphatic carbocycles. The molecule has 1 aliphatic heterocycles. The first kappa shape index (κ1) is 12.3. The Balaban J connectivity index is 2.18. The van der Waals surface area contributed by atoms with Gasteiger partial charge in [0.15, 0.2) is 0 Å². The zero-order chi connectivity index (χ0) is 13.0. The Bertz CT molecular complexity index is 498. The minimum absolute atomic E-state index is 0.0157. The van der Waals surface area contributed by atoms with Gasteiger partial charge in [-0.2, -0.15) is 0 Å². The van der Waals surface area contributed by atoms with Crippen LogP contribution in [0.25, 0.3) is 10.4 Å². The van der Waals surface area contributed by atoms with Gasteiger partial charge >= 0.3 is 0 Å². The summed E-state index contributed by atoms with van der Waals surface area (Å²) in [5, 5.41) is 12.7. The first-order valence-electron chi connectivity index (χ1n) is 5.62. The van der Waals surface area contributed by atoms with Gasteiger partial charge in [-0.25, -0.2) is 4.98 Å². The average Bonchev–Trinajstić information content (AvgIpc) is 2.77. The number of nitrogens with zero attached hydrogens (tertiary/aromatic N) is 5. The Hall–Kier alpha value is -2.11. The van der Waals surface area contributed by atoms with Crippen molar-refractivity contribution in [2.45, 2.75) is 13.0 Å². The molecule has 1 aromatic heterocycles. The van der Waals surface area contributed by atoms with E-state index in [4.69, 9.17) is 5.53 Å². The predicted molar refractivity (Wildman–Crippen MR) is 64.6 cm³/mol. The molecule has 0 radical (unpaired) electrons. The molecule has 18 heavy (non-hydrogen) atoms. The van der Waals surface area contributed by atoms with Gasteiger partial charge in [-0.3, -0.25) is 9.69 Å². The van der Waals surface area contributed by atoms with E-state index in [1.54, 1.807) is 23.2 Å². The van der Waals surface area contributed by atoms with E-state index in [2.05, 4.69) is 15.0 Å². The zero-order valence-electron chi connectivity index (χ0n) is 9.73. The number of carbonyl (C=O) groups excluding carboxylic acids is 1. The largest absolute Gasteiger partial charge is 0.392 e. The van der Waals surface area contributed by atoms with Crippen LogP contribution in [0.5, 0.6) is 0 Å². The highest BCUT2D eigenvalue weighted by Gasteiger charge is 2.31. The molecule has 94 valence electrons. The molecule has 1 unspecified atom stereocenters. The lowest BCUT2D eigenvalue weighted by Gasteiger charge is -2.17. The van der Waals surface area contributed by atoms with E-state index < -0.39 is 0 Å². The smallest absolute Gasteiger partial charge is 0.228 e. The number of aliphatic hydroxyl groups is 1. The summed E-state index contributed by atoms with van der Waals surface area (Å²) < 4.78 is 0. The van der Waals surface area contributed by atoms with E-state index in [0.29, 0.717) is 30.9 Å². The number of rotatable bonds is 4. The summed E-state index contributed by atoms with van der Waals surface area (Å²) in [6.07, 6.45) is 1.93. The number of aromatic nitrogens is 1. The Morgan fingerprint density at radius 1 is 1.67 bits per heavy atom. The summed E-state index contributed by atoms with van der Waals surface area (Å²) in [6.45, 7) is 0.621. The number of azide groups is 1. The van der Waals surface area contributed by atoms with Crippen molar-refractivity contribution >= 4 is 11.7 Å². The predicted octanol–water partition coefficient (Wildman–Crippen LogP) is 1.24.